The molecule has 0 radical (unpaired) electrons. The smallest absolute Gasteiger partial charge is 0.255 e. The molecule has 2 aromatic rings. The predicted octanol–water partition coefficient (Wildman–Crippen LogP) is 1.76. The minimum Gasteiger partial charge on any atom is -0.508 e. The number of carbonyl (C=O) groups is 1. The molecular weight excluding hydrogens is 274 g/mol. The topological polar surface area (TPSA) is 88.0 Å². The van der Waals surface area contributed by atoms with Gasteiger partial charge in [-0.1, -0.05) is 6.07 Å². The summed E-state index contributed by atoms with van der Waals surface area (Å²) in [7, 11) is 0. The number of carbonyl (C=O) groups excluding carboxylic acids is 1. The van der Waals surface area contributed by atoms with E-state index in [9.17, 15) is 15.0 Å². The van der Waals surface area contributed by atoms with E-state index in [1.54, 1.807) is 12.1 Å². The van der Waals surface area contributed by atoms with Crippen molar-refractivity contribution < 1.29 is 24.5 Å². The number of fused-ring (bicyclic) bond motifs is 1. The fraction of sp³-hybridized carbons (Fsp3) is 0.133. The van der Waals surface area contributed by atoms with Gasteiger partial charge < -0.3 is 25.0 Å². The minimum absolute atomic E-state index is 0.0974. The number of benzene rings is 2. The van der Waals surface area contributed by atoms with Gasteiger partial charge in [0.05, 0.1) is 5.56 Å². The molecule has 3 N–H and O–H groups in total. The van der Waals surface area contributed by atoms with Crippen molar-refractivity contribution in [2.75, 3.05) is 6.79 Å². The normalized spacial score (nSPS) is 12.2. The molecule has 0 bridgehead atoms. The van der Waals surface area contributed by atoms with Gasteiger partial charge in [-0.25, -0.2) is 0 Å². The highest BCUT2D eigenvalue weighted by Crippen LogP contribution is 2.32. The van der Waals surface area contributed by atoms with Gasteiger partial charge in [-0.3, -0.25) is 4.79 Å². The molecule has 1 aliphatic rings. The Morgan fingerprint density at radius 2 is 1.90 bits per heavy atom. The lowest BCUT2D eigenvalue weighted by molar-refractivity contribution is 0.0948. The Bertz CT molecular complexity index is 698. The molecule has 2 aromatic carbocycles. The van der Waals surface area contributed by atoms with E-state index in [1.807, 2.05) is 6.07 Å². The number of phenolic OH excluding ortho intramolecular Hbond substituents is 2. The molecule has 0 aliphatic carbocycles. The molecule has 0 saturated heterocycles. The van der Waals surface area contributed by atoms with Crippen molar-refractivity contribution in [2.45, 2.75) is 6.54 Å². The molecule has 1 aliphatic heterocycles. The molecule has 1 amide bonds. The van der Waals surface area contributed by atoms with Gasteiger partial charge in [0, 0.05) is 12.6 Å². The lowest BCUT2D eigenvalue weighted by Crippen LogP contribution is -2.22. The summed E-state index contributed by atoms with van der Waals surface area (Å²) >= 11 is 0. The molecule has 6 nitrogen and oxygen atoms in total. The Kier molecular flexibility index (Phi) is 3.27. The first-order chi connectivity index (χ1) is 10.1. The van der Waals surface area contributed by atoms with Crippen LogP contribution in [0.2, 0.25) is 0 Å². The maximum Gasteiger partial charge on any atom is 0.255 e. The first-order valence-electron chi connectivity index (χ1n) is 6.32. The lowest BCUT2D eigenvalue weighted by Gasteiger charge is -2.08. The van der Waals surface area contributed by atoms with Gasteiger partial charge in [0.15, 0.2) is 11.5 Å². The van der Waals surface area contributed by atoms with E-state index in [1.165, 1.54) is 12.1 Å². The van der Waals surface area contributed by atoms with Gasteiger partial charge in [-0.05, 0) is 29.8 Å². The zero-order valence-corrected chi connectivity index (χ0v) is 11.0. The Labute approximate surface area is 120 Å². The number of amides is 1. The van der Waals surface area contributed by atoms with E-state index in [0.717, 1.165) is 11.6 Å². The monoisotopic (exact) mass is 287 g/mol. The molecule has 21 heavy (non-hydrogen) atoms. The molecule has 0 aromatic heterocycles. The zero-order valence-electron chi connectivity index (χ0n) is 11.0. The summed E-state index contributed by atoms with van der Waals surface area (Å²) in [6.45, 7) is 0.488. The fourth-order valence-corrected chi connectivity index (χ4v) is 2.04. The number of nitrogens with one attached hydrogen (secondary N) is 1. The van der Waals surface area contributed by atoms with Crippen LogP contribution < -0.4 is 14.8 Å². The second-order valence-corrected chi connectivity index (χ2v) is 4.57. The summed E-state index contributed by atoms with van der Waals surface area (Å²) in [5, 5.41) is 21.5. The van der Waals surface area contributed by atoms with Crippen LogP contribution in [-0.4, -0.2) is 22.9 Å². The SMILES string of the molecule is O=C(NCc1ccc2c(c1)OCO2)c1ccc(O)cc1O. The maximum atomic E-state index is 12.0. The first kappa shape index (κ1) is 13.1. The first-order valence-corrected chi connectivity index (χ1v) is 6.32. The van der Waals surface area contributed by atoms with Crippen molar-refractivity contribution in [1.29, 1.82) is 0 Å². The summed E-state index contributed by atoms with van der Waals surface area (Å²) in [4.78, 5) is 12.0. The largest absolute Gasteiger partial charge is 0.508 e. The van der Waals surface area contributed by atoms with E-state index in [-0.39, 0.29) is 30.4 Å². The van der Waals surface area contributed by atoms with Gasteiger partial charge in [0.2, 0.25) is 6.79 Å². The minimum atomic E-state index is -0.426. The lowest BCUT2D eigenvalue weighted by atomic mass is 10.1. The fourth-order valence-electron chi connectivity index (χ4n) is 2.04. The summed E-state index contributed by atoms with van der Waals surface area (Å²) in [6, 6.07) is 9.22. The number of hydrogen-bond donors (Lipinski definition) is 3. The average molecular weight is 287 g/mol. The highest BCUT2D eigenvalue weighted by atomic mass is 16.7. The third kappa shape index (κ3) is 2.69. The Hall–Kier alpha value is -2.89. The Balaban J connectivity index is 1.68. The van der Waals surface area contributed by atoms with Crippen molar-refractivity contribution in [2.24, 2.45) is 0 Å². The van der Waals surface area contributed by atoms with Crippen molar-refractivity contribution in [3.05, 3.63) is 47.5 Å². The average Bonchev–Trinajstić information content (AvgIpc) is 2.92. The van der Waals surface area contributed by atoms with E-state index in [0.29, 0.717) is 11.5 Å². The van der Waals surface area contributed by atoms with Crippen LogP contribution in [0.5, 0.6) is 23.0 Å². The molecule has 1 heterocycles. The van der Waals surface area contributed by atoms with Crippen LogP contribution >= 0.6 is 0 Å². The number of hydrogen-bond acceptors (Lipinski definition) is 5. The molecule has 0 fully saturated rings. The number of ether oxygens (including phenoxy) is 2. The second kappa shape index (κ2) is 5.24. The van der Waals surface area contributed by atoms with E-state index in [2.05, 4.69) is 5.32 Å². The van der Waals surface area contributed by atoms with Gasteiger partial charge >= 0.3 is 0 Å². The quantitative estimate of drug-likeness (QED) is 0.800. The van der Waals surface area contributed by atoms with Gasteiger partial charge in [-0.15, -0.1) is 0 Å². The van der Waals surface area contributed by atoms with Crippen LogP contribution in [0.1, 0.15) is 15.9 Å². The predicted molar refractivity (Wildman–Crippen MR) is 73.5 cm³/mol. The van der Waals surface area contributed by atoms with Crippen molar-refractivity contribution in [3.8, 4) is 23.0 Å². The maximum absolute atomic E-state index is 12.0. The number of aromatic hydroxyl groups is 2. The zero-order chi connectivity index (χ0) is 14.8. The van der Waals surface area contributed by atoms with Crippen molar-refractivity contribution >= 4 is 5.91 Å². The third-order valence-corrected chi connectivity index (χ3v) is 3.12. The summed E-state index contributed by atoms with van der Waals surface area (Å²) in [5.41, 5.74) is 0.958. The molecule has 0 atom stereocenters. The van der Waals surface area contributed by atoms with Crippen LogP contribution in [0.25, 0.3) is 0 Å². The molecule has 0 spiro atoms. The molecule has 6 heteroatoms. The summed E-state index contributed by atoms with van der Waals surface area (Å²) in [5.74, 6) is 0.540. The highest BCUT2D eigenvalue weighted by molar-refractivity contribution is 5.96. The Morgan fingerprint density at radius 1 is 1.10 bits per heavy atom. The Morgan fingerprint density at radius 3 is 2.71 bits per heavy atom. The highest BCUT2D eigenvalue weighted by Gasteiger charge is 2.14. The van der Waals surface area contributed by atoms with Crippen molar-refractivity contribution in [3.63, 3.8) is 0 Å². The van der Waals surface area contributed by atoms with Gasteiger partial charge in [-0.2, -0.15) is 0 Å². The standard InChI is InChI=1S/C15H13NO5/c17-10-2-3-11(12(18)6-10)15(19)16-7-9-1-4-13-14(5-9)21-8-20-13/h1-6,17-18H,7-8H2,(H,16,19). The van der Waals surface area contributed by atoms with E-state index >= 15 is 0 Å². The van der Waals surface area contributed by atoms with Gasteiger partial charge in [0.1, 0.15) is 11.5 Å². The van der Waals surface area contributed by atoms with Crippen LogP contribution in [0.3, 0.4) is 0 Å². The molecule has 108 valence electrons. The molecular formula is C15H13NO5. The van der Waals surface area contributed by atoms with Crippen LogP contribution in [0.15, 0.2) is 36.4 Å². The second-order valence-electron chi connectivity index (χ2n) is 4.57. The summed E-state index contributed by atoms with van der Waals surface area (Å²) in [6.07, 6.45) is 0. The number of rotatable bonds is 3. The van der Waals surface area contributed by atoms with Crippen LogP contribution in [-0.2, 0) is 6.54 Å². The van der Waals surface area contributed by atoms with Gasteiger partial charge in [0.25, 0.3) is 5.91 Å². The van der Waals surface area contributed by atoms with Crippen LogP contribution in [0, 0.1) is 0 Å². The van der Waals surface area contributed by atoms with E-state index < -0.39 is 5.91 Å². The molecule has 3 rings (SSSR count). The number of phenols is 2. The molecule has 0 saturated carbocycles. The van der Waals surface area contributed by atoms with Crippen molar-refractivity contribution in [1.82, 2.24) is 5.32 Å². The molecule has 0 unspecified atom stereocenters. The van der Waals surface area contributed by atoms with E-state index in [4.69, 9.17) is 9.47 Å². The summed E-state index contributed by atoms with van der Waals surface area (Å²) < 4.78 is 10.5. The van der Waals surface area contributed by atoms with Crippen LogP contribution in [0.4, 0.5) is 0 Å². The third-order valence-electron chi connectivity index (χ3n) is 3.12.